The molecule has 0 radical (unpaired) electrons. The monoisotopic (exact) mass is 338 g/mol. The zero-order chi connectivity index (χ0) is 16.5. The lowest BCUT2D eigenvalue weighted by Gasteiger charge is -2.28. The van der Waals surface area contributed by atoms with Crippen molar-refractivity contribution in [3.63, 3.8) is 0 Å². The topological polar surface area (TPSA) is 41.6 Å². The first-order valence-corrected chi connectivity index (χ1v) is 8.85. The zero-order valence-electron chi connectivity index (χ0n) is 13.9. The van der Waals surface area contributed by atoms with Crippen LogP contribution in [0.5, 0.6) is 5.75 Å². The molecule has 1 aromatic rings. The molecule has 0 spiro atoms. The van der Waals surface area contributed by atoms with Crippen LogP contribution in [-0.2, 0) is 4.79 Å². The quantitative estimate of drug-likeness (QED) is 0.739. The van der Waals surface area contributed by atoms with E-state index in [2.05, 4.69) is 17.3 Å². The number of piperidine rings is 1. The van der Waals surface area contributed by atoms with Crippen molar-refractivity contribution in [2.45, 2.75) is 32.1 Å². The summed E-state index contributed by atoms with van der Waals surface area (Å²) in [5, 5.41) is 3.72. The van der Waals surface area contributed by atoms with Gasteiger partial charge in [-0.2, -0.15) is 0 Å². The van der Waals surface area contributed by atoms with Gasteiger partial charge in [-0.25, -0.2) is 0 Å². The minimum atomic E-state index is 0.123. The fraction of sp³-hybridized carbons (Fsp3) is 0.611. The van der Waals surface area contributed by atoms with E-state index >= 15 is 0 Å². The Morgan fingerprint density at radius 2 is 2.00 bits per heavy atom. The van der Waals surface area contributed by atoms with Crippen molar-refractivity contribution in [2.75, 3.05) is 33.3 Å². The first-order valence-electron chi connectivity index (χ1n) is 8.47. The highest BCUT2D eigenvalue weighted by Gasteiger charge is 2.16. The summed E-state index contributed by atoms with van der Waals surface area (Å²) in [5.41, 5.74) is 0. The highest BCUT2D eigenvalue weighted by molar-refractivity contribution is 6.30. The summed E-state index contributed by atoms with van der Waals surface area (Å²) in [4.78, 5) is 14.2. The lowest BCUT2D eigenvalue weighted by atomic mass is 9.94. The summed E-state index contributed by atoms with van der Waals surface area (Å²) < 4.78 is 5.58. The molecule has 1 heterocycles. The molecule has 0 aliphatic carbocycles. The van der Waals surface area contributed by atoms with Crippen LogP contribution in [0.4, 0.5) is 0 Å². The van der Waals surface area contributed by atoms with Crippen LogP contribution >= 0.6 is 11.6 Å². The Labute approximate surface area is 144 Å². The van der Waals surface area contributed by atoms with E-state index in [9.17, 15) is 4.79 Å². The van der Waals surface area contributed by atoms with Crippen molar-refractivity contribution in [1.82, 2.24) is 10.2 Å². The molecular weight excluding hydrogens is 312 g/mol. The van der Waals surface area contributed by atoms with Crippen molar-refractivity contribution in [2.24, 2.45) is 5.92 Å². The van der Waals surface area contributed by atoms with Gasteiger partial charge in [-0.1, -0.05) is 11.6 Å². The highest BCUT2D eigenvalue weighted by Crippen LogP contribution is 2.18. The van der Waals surface area contributed by atoms with Crippen LogP contribution in [0.1, 0.15) is 32.1 Å². The molecule has 1 amide bonds. The number of likely N-dealkylation sites (tertiary alicyclic amines) is 1. The number of amides is 1. The van der Waals surface area contributed by atoms with Gasteiger partial charge in [-0.05, 0) is 76.0 Å². The van der Waals surface area contributed by atoms with Gasteiger partial charge in [0.1, 0.15) is 5.75 Å². The average molecular weight is 339 g/mol. The Hall–Kier alpha value is -1.26. The van der Waals surface area contributed by atoms with E-state index in [0.29, 0.717) is 18.1 Å². The number of benzene rings is 1. The van der Waals surface area contributed by atoms with Crippen LogP contribution in [0.15, 0.2) is 24.3 Å². The van der Waals surface area contributed by atoms with Gasteiger partial charge in [0.05, 0.1) is 6.61 Å². The molecule has 1 aliphatic heterocycles. The smallest absolute Gasteiger partial charge is 0.220 e. The SMILES string of the molecule is CN1CCC(CCNC(=O)CCCOc2ccc(Cl)cc2)CC1. The number of nitrogens with zero attached hydrogens (tertiary/aromatic N) is 1. The fourth-order valence-corrected chi connectivity index (χ4v) is 2.93. The molecule has 4 nitrogen and oxygen atoms in total. The number of rotatable bonds is 8. The molecule has 0 aromatic heterocycles. The number of halogens is 1. The summed E-state index contributed by atoms with van der Waals surface area (Å²) >= 11 is 5.82. The van der Waals surface area contributed by atoms with Gasteiger partial charge in [0.2, 0.25) is 5.91 Å². The fourth-order valence-electron chi connectivity index (χ4n) is 2.81. The normalized spacial score (nSPS) is 16.3. The molecule has 2 rings (SSSR count). The molecule has 23 heavy (non-hydrogen) atoms. The molecule has 1 aliphatic rings. The molecule has 1 saturated heterocycles. The van der Waals surface area contributed by atoms with Crippen LogP contribution in [0, 0.1) is 5.92 Å². The summed E-state index contributed by atoms with van der Waals surface area (Å²) in [6.07, 6.45) is 4.84. The van der Waals surface area contributed by atoms with Crippen LogP contribution in [0.25, 0.3) is 0 Å². The minimum Gasteiger partial charge on any atom is -0.494 e. The van der Waals surface area contributed by atoms with Gasteiger partial charge in [-0.3, -0.25) is 4.79 Å². The van der Waals surface area contributed by atoms with E-state index in [1.807, 2.05) is 12.1 Å². The maximum Gasteiger partial charge on any atom is 0.220 e. The lowest BCUT2D eigenvalue weighted by Crippen LogP contribution is -2.32. The maximum absolute atomic E-state index is 11.8. The first-order chi connectivity index (χ1) is 11.1. The van der Waals surface area contributed by atoms with E-state index in [1.54, 1.807) is 12.1 Å². The molecule has 1 aromatic carbocycles. The Morgan fingerprint density at radius 1 is 1.30 bits per heavy atom. The summed E-state index contributed by atoms with van der Waals surface area (Å²) in [7, 11) is 2.17. The molecule has 1 N–H and O–H groups in total. The number of hydrogen-bond acceptors (Lipinski definition) is 3. The standard InChI is InChI=1S/C18H27ClN2O2/c1-21-12-9-15(10-13-21)8-11-20-18(22)3-2-14-23-17-6-4-16(19)5-7-17/h4-7,15H,2-3,8-14H2,1H3,(H,20,22). The van der Waals surface area contributed by atoms with E-state index in [1.165, 1.54) is 25.9 Å². The van der Waals surface area contributed by atoms with Gasteiger partial charge >= 0.3 is 0 Å². The number of hydrogen-bond donors (Lipinski definition) is 1. The van der Waals surface area contributed by atoms with Gasteiger partial charge in [0.25, 0.3) is 0 Å². The molecule has 0 bridgehead atoms. The summed E-state index contributed by atoms with van der Waals surface area (Å²) in [6.45, 7) is 3.70. The minimum absolute atomic E-state index is 0.123. The van der Waals surface area contributed by atoms with E-state index in [-0.39, 0.29) is 5.91 Å². The van der Waals surface area contributed by atoms with E-state index in [4.69, 9.17) is 16.3 Å². The molecule has 0 unspecified atom stereocenters. The molecule has 0 atom stereocenters. The predicted molar refractivity (Wildman–Crippen MR) is 94.0 cm³/mol. The second-order valence-electron chi connectivity index (χ2n) is 6.29. The van der Waals surface area contributed by atoms with Crippen LogP contribution in [-0.4, -0.2) is 44.1 Å². The van der Waals surface area contributed by atoms with Gasteiger partial charge in [-0.15, -0.1) is 0 Å². The molecule has 5 heteroatoms. The van der Waals surface area contributed by atoms with Gasteiger partial charge in [0, 0.05) is 18.0 Å². The van der Waals surface area contributed by atoms with Crippen LogP contribution in [0.3, 0.4) is 0 Å². The average Bonchev–Trinajstić information content (AvgIpc) is 2.55. The van der Waals surface area contributed by atoms with Crippen molar-refractivity contribution >= 4 is 17.5 Å². The van der Waals surface area contributed by atoms with Crippen molar-refractivity contribution in [3.05, 3.63) is 29.3 Å². The Balaban J connectivity index is 1.49. The number of carbonyl (C=O) groups excluding carboxylic acids is 1. The Morgan fingerprint density at radius 3 is 2.70 bits per heavy atom. The Bertz CT molecular complexity index is 470. The maximum atomic E-state index is 11.8. The molecular formula is C18H27ClN2O2. The largest absolute Gasteiger partial charge is 0.494 e. The number of carbonyl (C=O) groups is 1. The van der Waals surface area contributed by atoms with E-state index in [0.717, 1.165) is 31.1 Å². The second-order valence-corrected chi connectivity index (χ2v) is 6.73. The first kappa shape index (κ1) is 18.1. The summed E-state index contributed by atoms with van der Waals surface area (Å²) in [5.74, 6) is 1.68. The summed E-state index contributed by atoms with van der Waals surface area (Å²) in [6, 6.07) is 7.27. The van der Waals surface area contributed by atoms with E-state index < -0.39 is 0 Å². The zero-order valence-corrected chi connectivity index (χ0v) is 14.6. The third-order valence-electron chi connectivity index (χ3n) is 4.34. The number of nitrogens with one attached hydrogen (secondary N) is 1. The number of ether oxygens (including phenoxy) is 1. The van der Waals surface area contributed by atoms with Crippen molar-refractivity contribution in [1.29, 1.82) is 0 Å². The second kappa shape index (κ2) is 9.78. The third kappa shape index (κ3) is 7.23. The molecule has 1 fully saturated rings. The Kier molecular flexibility index (Phi) is 7.69. The van der Waals surface area contributed by atoms with Gasteiger partial charge in [0.15, 0.2) is 0 Å². The highest BCUT2D eigenvalue weighted by atomic mass is 35.5. The predicted octanol–water partition coefficient (Wildman–Crippen LogP) is 3.35. The third-order valence-corrected chi connectivity index (χ3v) is 4.60. The van der Waals surface area contributed by atoms with Crippen molar-refractivity contribution < 1.29 is 9.53 Å². The molecule has 0 saturated carbocycles. The van der Waals surface area contributed by atoms with Gasteiger partial charge < -0.3 is 15.0 Å². The van der Waals surface area contributed by atoms with Crippen LogP contribution < -0.4 is 10.1 Å². The van der Waals surface area contributed by atoms with Crippen molar-refractivity contribution in [3.8, 4) is 5.75 Å². The lowest BCUT2D eigenvalue weighted by molar-refractivity contribution is -0.121. The van der Waals surface area contributed by atoms with Crippen LogP contribution in [0.2, 0.25) is 5.02 Å². The molecule has 128 valence electrons.